The Labute approximate surface area is 82.9 Å². The molecule has 0 saturated carbocycles. The summed E-state index contributed by atoms with van der Waals surface area (Å²) >= 11 is 0. The molecule has 0 rings (SSSR count). The zero-order valence-corrected chi connectivity index (χ0v) is 9.48. The number of hydrogen-bond donors (Lipinski definition) is 1. The number of quaternary nitrogens is 1. The number of rotatable bonds is 5. The molecule has 1 N–H and O–H groups in total. The standard InChI is InChI=1S/C11H22N2/c1-5-12(4)10-8-9-11-13(6-2)7-3/h5-7,10-11H2,1-4H3/p+1. The summed E-state index contributed by atoms with van der Waals surface area (Å²) in [5, 5.41) is 0. The van der Waals surface area contributed by atoms with E-state index in [2.05, 4.69) is 44.6 Å². The van der Waals surface area contributed by atoms with Gasteiger partial charge in [-0.25, -0.2) is 0 Å². The largest absolute Gasteiger partial charge is 0.327 e. The van der Waals surface area contributed by atoms with Crippen LogP contribution in [0.4, 0.5) is 0 Å². The van der Waals surface area contributed by atoms with Crippen molar-refractivity contribution in [1.29, 1.82) is 0 Å². The van der Waals surface area contributed by atoms with E-state index in [1.165, 1.54) is 4.90 Å². The lowest BCUT2D eigenvalue weighted by molar-refractivity contribution is -0.869. The summed E-state index contributed by atoms with van der Waals surface area (Å²) in [6, 6.07) is 0. The molecule has 0 aliphatic rings. The van der Waals surface area contributed by atoms with Crippen LogP contribution in [-0.4, -0.2) is 44.7 Å². The second-order valence-electron chi connectivity index (χ2n) is 3.30. The van der Waals surface area contributed by atoms with Crippen molar-refractivity contribution in [2.45, 2.75) is 20.8 Å². The summed E-state index contributed by atoms with van der Waals surface area (Å²) in [7, 11) is 2.17. The molecule has 76 valence electrons. The van der Waals surface area contributed by atoms with Crippen molar-refractivity contribution in [3.05, 3.63) is 0 Å². The fraction of sp³-hybridized carbons (Fsp3) is 0.818. The molecule has 1 atom stereocenters. The van der Waals surface area contributed by atoms with Gasteiger partial charge in [-0.15, -0.1) is 0 Å². The Morgan fingerprint density at radius 2 is 1.69 bits per heavy atom. The molecule has 1 unspecified atom stereocenters. The normalized spacial score (nSPS) is 12.4. The summed E-state index contributed by atoms with van der Waals surface area (Å²) < 4.78 is 0. The third kappa shape index (κ3) is 6.62. The van der Waals surface area contributed by atoms with Gasteiger partial charge in [-0.05, 0) is 25.9 Å². The van der Waals surface area contributed by atoms with Crippen LogP contribution in [-0.2, 0) is 0 Å². The minimum Gasteiger partial charge on any atom is -0.327 e. The van der Waals surface area contributed by atoms with E-state index in [0.717, 1.165) is 32.7 Å². The molecular formula is C11H23N2+. The molecule has 13 heavy (non-hydrogen) atoms. The topological polar surface area (TPSA) is 7.68 Å². The fourth-order valence-electron chi connectivity index (χ4n) is 0.953. The van der Waals surface area contributed by atoms with Crippen molar-refractivity contribution in [1.82, 2.24) is 4.90 Å². The van der Waals surface area contributed by atoms with Crippen LogP contribution in [0, 0.1) is 11.8 Å². The van der Waals surface area contributed by atoms with Crippen LogP contribution in [0.2, 0.25) is 0 Å². The highest BCUT2D eigenvalue weighted by atomic mass is 15.1. The van der Waals surface area contributed by atoms with E-state index < -0.39 is 0 Å². The first kappa shape index (κ1) is 12.5. The van der Waals surface area contributed by atoms with Gasteiger partial charge < -0.3 is 4.90 Å². The molecule has 0 saturated heterocycles. The first-order valence-corrected chi connectivity index (χ1v) is 5.23. The van der Waals surface area contributed by atoms with Gasteiger partial charge in [-0.3, -0.25) is 4.90 Å². The van der Waals surface area contributed by atoms with Crippen LogP contribution >= 0.6 is 0 Å². The van der Waals surface area contributed by atoms with Crippen molar-refractivity contribution in [3.63, 3.8) is 0 Å². The zero-order chi connectivity index (χ0) is 10.1. The Hall–Kier alpha value is -0.520. The highest BCUT2D eigenvalue weighted by Gasteiger charge is 1.94. The predicted octanol–water partition coefficient (Wildman–Crippen LogP) is -0.134. The highest BCUT2D eigenvalue weighted by molar-refractivity contribution is 5.00. The van der Waals surface area contributed by atoms with Gasteiger partial charge >= 0.3 is 0 Å². The quantitative estimate of drug-likeness (QED) is 0.583. The third-order valence-electron chi connectivity index (χ3n) is 2.32. The second kappa shape index (κ2) is 8.10. The van der Waals surface area contributed by atoms with Gasteiger partial charge in [0.1, 0.15) is 6.54 Å². The molecule has 0 aromatic rings. The fourth-order valence-corrected chi connectivity index (χ4v) is 0.953. The number of nitrogens with zero attached hydrogens (tertiary/aromatic N) is 1. The van der Waals surface area contributed by atoms with E-state index >= 15 is 0 Å². The molecule has 0 aliphatic carbocycles. The molecule has 2 nitrogen and oxygen atoms in total. The minimum atomic E-state index is 0.921. The smallest absolute Gasteiger partial charge is 0.139 e. The van der Waals surface area contributed by atoms with Crippen molar-refractivity contribution >= 4 is 0 Å². The molecule has 2 heteroatoms. The molecule has 0 fully saturated rings. The van der Waals surface area contributed by atoms with Crippen molar-refractivity contribution < 1.29 is 4.90 Å². The SMILES string of the molecule is CCN(CC)CC#CC[NH+](C)CC. The van der Waals surface area contributed by atoms with E-state index in [4.69, 9.17) is 0 Å². The Bertz CT molecular complexity index is 163. The summed E-state index contributed by atoms with van der Waals surface area (Å²) in [4.78, 5) is 3.81. The first-order valence-electron chi connectivity index (χ1n) is 5.23. The lowest BCUT2D eigenvalue weighted by atomic mass is 10.4. The van der Waals surface area contributed by atoms with Crippen LogP contribution in [0.1, 0.15) is 20.8 Å². The maximum atomic E-state index is 3.21. The van der Waals surface area contributed by atoms with Crippen molar-refractivity contribution in [2.75, 3.05) is 39.8 Å². The van der Waals surface area contributed by atoms with Crippen LogP contribution in [0.15, 0.2) is 0 Å². The molecular weight excluding hydrogens is 160 g/mol. The van der Waals surface area contributed by atoms with Gasteiger partial charge in [0.25, 0.3) is 0 Å². The maximum absolute atomic E-state index is 3.21. The van der Waals surface area contributed by atoms with Gasteiger partial charge in [0, 0.05) is 0 Å². The lowest BCUT2D eigenvalue weighted by Gasteiger charge is -2.13. The monoisotopic (exact) mass is 183 g/mol. The zero-order valence-electron chi connectivity index (χ0n) is 9.48. The first-order chi connectivity index (χ1) is 6.24. The number of hydrogen-bond acceptors (Lipinski definition) is 1. The van der Waals surface area contributed by atoms with E-state index in [1.54, 1.807) is 0 Å². The molecule has 0 aliphatic heterocycles. The average molecular weight is 183 g/mol. The molecule has 0 bridgehead atoms. The maximum Gasteiger partial charge on any atom is 0.139 e. The summed E-state index contributed by atoms with van der Waals surface area (Å²) in [6.45, 7) is 11.8. The van der Waals surface area contributed by atoms with Crippen LogP contribution in [0.25, 0.3) is 0 Å². The molecule has 0 amide bonds. The second-order valence-corrected chi connectivity index (χ2v) is 3.30. The van der Waals surface area contributed by atoms with Crippen LogP contribution in [0.3, 0.4) is 0 Å². The Balaban J connectivity index is 3.59. The summed E-state index contributed by atoms with van der Waals surface area (Å²) in [5.74, 6) is 6.41. The Kier molecular flexibility index (Phi) is 7.77. The molecule has 0 aromatic heterocycles. The molecule has 0 heterocycles. The van der Waals surface area contributed by atoms with Gasteiger partial charge in [-0.1, -0.05) is 19.8 Å². The van der Waals surface area contributed by atoms with E-state index in [-0.39, 0.29) is 0 Å². The summed E-state index contributed by atoms with van der Waals surface area (Å²) in [6.07, 6.45) is 0. The molecule has 0 spiro atoms. The predicted molar refractivity (Wildman–Crippen MR) is 57.9 cm³/mol. The van der Waals surface area contributed by atoms with E-state index in [0.29, 0.717) is 0 Å². The average Bonchev–Trinajstić information content (AvgIpc) is 2.18. The molecule has 0 aromatic carbocycles. The lowest BCUT2D eigenvalue weighted by Crippen LogP contribution is -3.08. The van der Waals surface area contributed by atoms with Gasteiger partial charge in [-0.2, -0.15) is 0 Å². The highest BCUT2D eigenvalue weighted by Crippen LogP contribution is 1.82. The van der Waals surface area contributed by atoms with Gasteiger partial charge in [0.15, 0.2) is 0 Å². The van der Waals surface area contributed by atoms with E-state index in [9.17, 15) is 0 Å². The van der Waals surface area contributed by atoms with E-state index in [1.807, 2.05) is 0 Å². The van der Waals surface area contributed by atoms with Gasteiger partial charge in [0.2, 0.25) is 0 Å². The summed E-state index contributed by atoms with van der Waals surface area (Å²) in [5.41, 5.74) is 0. The van der Waals surface area contributed by atoms with Crippen LogP contribution < -0.4 is 4.90 Å². The molecule has 0 radical (unpaired) electrons. The number of nitrogens with one attached hydrogen (secondary N) is 1. The van der Waals surface area contributed by atoms with Gasteiger partial charge in [0.05, 0.1) is 20.1 Å². The minimum absolute atomic E-state index is 0.921. The Morgan fingerprint density at radius 3 is 2.15 bits per heavy atom. The van der Waals surface area contributed by atoms with Crippen LogP contribution in [0.5, 0.6) is 0 Å². The Morgan fingerprint density at radius 1 is 1.08 bits per heavy atom. The third-order valence-corrected chi connectivity index (χ3v) is 2.32. The van der Waals surface area contributed by atoms with Crippen molar-refractivity contribution in [3.8, 4) is 11.8 Å². The van der Waals surface area contributed by atoms with Crippen molar-refractivity contribution in [2.24, 2.45) is 0 Å².